The summed E-state index contributed by atoms with van der Waals surface area (Å²) in [6, 6.07) is 17.3. The van der Waals surface area contributed by atoms with E-state index in [2.05, 4.69) is 15.5 Å². The van der Waals surface area contributed by atoms with Crippen molar-refractivity contribution in [2.45, 2.75) is 31.6 Å². The number of nitrogens with zero attached hydrogens (tertiary/aromatic N) is 3. The lowest BCUT2D eigenvalue weighted by molar-refractivity contribution is -0.119. The SMILES string of the molecule is CCn1c(SCC(=O)NC(C)c2ccc(Cl)cc2)nnc1-c1ccccc1. The summed E-state index contributed by atoms with van der Waals surface area (Å²) in [4.78, 5) is 12.3. The topological polar surface area (TPSA) is 59.8 Å². The van der Waals surface area contributed by atoms with E-state index in [4.69, 9.17) is 11.6 Å². The molecule has 5 nitrogen and oxygen atoms in total. The molecule has 0 spiro atoms. The van der Waals surface area contributed by atoms with Crippen LogP contribution in [-0.2, 0) is 11.3 Å². The Balaban J connectivity index is 1.62. The number of hydrogen-bond acceptors (Lipinski definition) is 4. The van der Waals surface area contributed by atoms with Crippen molar-refractivity contribution in [3.05, 3.63) is 65.2 Å². The van der Waals surface area contributed by atoms with E-state index in [1.807, 2.05) is 73.0 Å². The van der Waals surface area contributed by atoms with Gasteiger partial charge in [-0.05, 0) is 31.5 Å². The van der Waals surface area contributed by atoms with E-state index >= 15 is 0 Å². The highest BCUT2D eigenvalue weighted by atomic mass is 35.5. The van der Waals surface area contributed by atoms with Gasteiger partial charge in [0.25, 0.3) is 0 Å². The van der Waals surface area contributed by atoms with Crippen LogP contribution in [0.15, 0.2) is 59.8 Å². The predicted octanol–water partition coefficient (Wildman–Crippen LogP) is 4.59. The number of carbonyl (C=O) groups excluding carboxylic acids is 1. The summed E-state index contributed by atoms with van der Waals surface area (Å²) < 4.78 is 2.02. The average Bonchev–Trinajstić information content (AvgIpc) is 3.10. The van der Waals surface area contributed by atoms with Gasteiger partial charge in [-0.1, -0.05) is 65.8 Å². The Labute approximate surface area is 168 Å². The molecule has 1 heterocycles. The van der Waals surface area contributed by atoms with Crippen molar-refractivity contribution in [2.75, 3.05) is 5.75 Å². The van der Waals surface area contributed by atoms with E-state index in [0.717, 1.165) is 28.7 Å². The van der Waals surface area contributed by atoms with Crippen molar-refractivity contribution >= 4 is 29.3 Å². The minimum absolute atomic E-state index is 0.0469. The molecule has 2 aromatic carbocycles. The molecular weight excluding hydrogens is 380 g/mol. The third-order valence-corrected chi connectivity index (χ3v) is 5.36. The van der Waals surface area contributed by atoms with Crippen LogP contribution in [0.3, 0.4) is 0 Å². The number of amides is 1. The van der Waals surface area contributed by atoms with Crippen molar-refractivity contribution in [2.24, 2.45) is 0 Å². The van der Waals surface area contributed by atoms with Gasteiger partial charge in [0.1, 0.15) is 0 Å². The highest BCUT2D eigenvalue weighted by molar-refractivity contribution is 7.99. The first-order valence-corrected chi connectivity index (χ1v) is 10.1. The van der Waals surface area contributed by atoms with E-state index in [0.29, 0.717) is 5.02 Å². The Kier molecular flexibility index (Phi) is 6.53. The van der Waals surface area contributed by atoms with Gasteiger partial charge in [-0.15, -0.1) is 10.2 Å². The maximum atomic E-state index is 12.3. The molecule has 1 amide bonds. The first-order chi connectivity index (χ1) is 13.1. The van der Waals surface area contributed by atoms with Gasteiger partial charge in [-0.25, -0.2) is 0 Å². The van der Waals surface area contributed by atoms with Crippen LogP contribution in [0, 0.1) is 0 Å². The van der Waals surface area contributed by atoms with Gasteiger partial charge in [-0.3, -0.25) is 4.79 Å². The number of rotatable bonds is 7. The molecule has 0 fully saturated rings. The minimum atomic E-state index is -0.0840. The normalized spacial score (nSPS) is 12.0. The van der Waals surface area contributed by atoms with Gasteiger partial charge in [0.05, 0.1) is 11.8 Å². The van der Waals surface area contributed by atoms with Gasteiger partial charge in [0.15, 0.2) is 11.0 Å². The molecule has 0 aliphatic rings. The third-order valence-electron chi connectivity index (χ3n) is 4.14. The molecule has 7 heteroatoms. The van der Waals surface area contributed by atoms with Crippen LogP contribution < -0.4 is 5.32 Å². The molecular formula is C20H21ClN4OS. The van der Waals surface area contributed by atoms with Gasteiger partial charge in [0.2, 0.25) is 5.91 Å². The maximum Gasteiger partial charge on any atom is 0.230 e. The molecule has 1 aromatic heterocycles. The van der Waals surface area contributed by atoms with E-state index in [9.17, 15) is 4.79 Å². The van der Waals surface area contributed by atoms with Crippen LogP contribution >= 0.6 is 23.4 Å². The lowest BCUT2D eigenvalue weighted by atomic mass is 10.1. The molecule has 0 aliphatic carbocycles. The first-order valence-electron chi connectivity index (χ1n) is 8.74. The number of nitrogens with one attached hydrogen (secondary N) is 1. The highest BCUT2D eigenvalue weighted by Crippen LogP contribution is 2.24. The summed E-state index contributed by atoms with van der Waals surface area (Å²) in [6.45, 7) is 4.73. The lowest BCUT2D eigenvalue weighted by Crippen LogP contribution is -2.28. The standard InChI is InChI=1S/C20H21ClN4OS/c1-3-25-19(16-7-5-4-6-8-16)23-24-20(25)27-13-18(26)22-14(2)15-9-11-17(21)12-10-15/h4-12,14H,3,13H2,1-2H3,(H,22,26). The fraction of sp³-hybridized carbons (Fsp3) is 0.250. The van der Waals surface area contributed by atoms with Crippen LogP contribution in [0.1, 0.15) is 25.5 Å². The van der Waals surface area contributed by atoms with Gasteiger partial charge >= 0.3 is 0 Å². The van der Waals surface area contributed by atoms with E-state index in [-0.39, 0.29) is 17.7 Å². The van der Waals surface area contributed by atoms with Gasteiger partial charge in [-0.2, -0.15) is 0 Å². The summed E-state index contributed by atoms with van der Waals surface area (Å²) >= 11 is 7.30. The molecule has 1 atom stereocenters. The van der Waals surface area contributed by atoms with Crippen molar-refractivity contribution in [3.8, 4) is 11.4 Å². The molecule has 3 aromatic rings. The Bertz CT molecular complexity index is 896. The fourth-order valence-corrected chi connectivity index (χ4v) is 3.67. The zero-order valence-electron chi connectivity index (χ0n) is 15.2. The van der Waals surface area contributed by atoms with E-state index in [1.54, 1.807) is 0 Å². The summed E-state index contributed by atoms with van der Waals surface area (Å²) in [7, 11) is 0. The van der Waals surface area contributed by atoms with Crippen molar-refractivity contribution in [3.63, 3.8) is 0 Å². The molecule has 0 aliphatic heterocycles. The smallest absolute Gasteiger partial charge is 0.230 e. The van der Waals surface area contributed by atoms with Crippen LogP contribution in [0.2, 0.25) is 5.02 Å². The van der Waals surface area contributed by atoms with E-state index in [1.165, 1.54) is 11.8 Å². The molecule has 0 radical (unpaired) electrons. The molecule has 27 heavy (non-hydrogen) atoms. The van der Waals surface area contributed by atoms with Crippen LogP contribution in [0.4, 0.5) is 0 Å². The monoisotopic (exact) mass is 400 g/mol. The number of carbonyl (C=O) groups is 1. The summed E-state index contributed by atoms with van der Waals surface area (Å²) in [5.41, 5.74) is 2.03. The second-order valence-electron chi connectivity index (χ2n) is 6.05. The van der Waals surface area contributed by atoms with Crippen LogP contribution in [-0.4, -0.2) is 26.4 Å². The second kappa shape index (κ2) is 9.06. The quantitative estimate of drug-likeness (QED) is 0.589. The Hall–Kier alpha value is -2.31. The molecule has 140 valence electrons. The number of aromatic nitrogens is 3. The van der Waals surface area contributed by atoms with Crippen LogP contribution in [0.5, 0.6) is 0 Å². The predicted molar refractivity (Wildman–Crippen MR) is 110 cm³/mol. The Morgan fingerprint density at radius 2 is 1.85 bits per heavy atom. The van der Waals surface area contributed by atoms with Crippen molar-refractivity contribution in [1.82, 2.24) is 20.1 Å². The first kappa shape index (κ1) is 19.5. The molecule has 0 saturated carbocycles. The van der Waals surface area contributed by atoms with Crippen molar-refractivity contribution < 1.29 is 4.79 Å². The number of thioether (sulfide) groups is 1. The number of benzene rings is 2. The van der Waals surface area contributed by atoms with Gasteiger partial charge in [0, 0.05) is 17.1 Å². The highest BCUT2D eigenvalue weighted by Gasteiger charge is 2.15. The Morgan fingerprint density at radius 1 is 1.15 bits per heavy atom. The van der Waals surface area contributed by atoms with Gasteiger partial charge < -0.3 is 9.88 Å². The zero-order chi connectivity index (χ0) is 19.2. The molecule has 1 N–H and O–H groups in total. The molecule has 1 unspecified atom stereocenters. The summed E-state index contributed by atoms with van der Waals surface area (Å²) in [6.07, 6.45) is 0. The largest absolute Gasteiger partial charge is 0.349 e. The average molecular weight is 401 g/mol. The Morgan fingerprint density at radius 3 is 2.52 bits per heavy atom. The fourth-order valence-electron chi connectivity index (χ4n) is 2.73. The maximum absolute atomic E-state index is 12.3. The number of halogens is 1. The van der Waals surface area contributed by atoms with Crippen LogP contribution in [0.25, 0.3) is 11.4 Å². The summed E-state index contributed by atoms with van der Waals surface area (Å²) in [5, 5.41) is 13.0. The second-order valence-corrected chi connectivity index (χ2v) is 7.42. The zero-order valence-corrected chi connectivity index (χ0v) is 16.8. The molecule has 0 bridgehead atoms. The lowest BCUT2D eigenvalue weighted by Gasteiger charge is -2.14. The number of hydrogen-bond donors (Lipinski definition) is 1. The summed E-state index contributed by atoms with van der Waals surface area (Å²) in [5.74, 6) is 1.05. The molecule has 0 saturated heterocycles. The van der Waals surface area contributed by atoms with E-state index < -0.39 is 0 Å². The van der Waals surface area contributed by atoms with Crippen molar-refractivity contribution in [1.29, 1.82) is 0 Å². The molecule has 3 rings (SSSR count). The third kappa shape index (κ3) is 4.90. The minimum Gasteiger partial charge on any atom is -0.349 e.